The van der Waals surface area contributed by atoms with Crippen LogP contribution in [0.3, 0.4) is 0 Å². The Balaban J connectivity index is 3.26. The van der Waals surface area contributed by atoms with Crippen LogP contribution in [0.5, 0.6) is 0 Å². The Labute approximate surface area is 221 Å². The zero-order chi connectivity index (χ0) is 26.5. The summed E-state index contributed by atoms with van der Waals surface area (Å²) >= 11 is -2.30. The number of esters is 2. The second-order valence-electron chi connectivity index (χ2n) is 11.7. The van der Waals surface area contributed by atoms with Crippen LogP contribution in [-0.4, -0.2) is 59.0 Å². The summed E-state index contributed by atoms with van der Waals surface area (Å²) in [6.07, 6.45) is 14.2. The van der Waals surface area contributed by atoms with E-state index in [0.29, 0.717) is 19.3 Å². The van der Waals surface area contributed by atoms with Gasteiger partial charge in [-0.25, -0.2) is 0 Å². The number of rotatable bonds is 16. The monoisotopic (exact) mass is 618 g/mol. The van der Waals surface area contributed by atoms with Crippen LogP contribution >= 0.6 is 0 Å². The van der Waals surface area contributed by atoms with Crippen molar-refractivity contribution >= 4 is 38.6 Å². The van der Waals surface area contributed by atoms with Gasteiger partial charge in [0, 0.05) is 0 Å². The minimum absolute atomic E-state index is 0.0150. The average Bonchev–Trinajstić information content (AvgIpc) is 2.83. The van der Waals surface area contributed by atoms with Crippen molar-refractivity contribution in [1.82, 2.24) is 0 Å². The van der Waals surface area contributed by atoms with E-state index in [9.17, 15) is 9.59 Å². The zero-order valence-electron chi connectivity index (χ0n) is 24.0. The van der Waals surface area contributed by atoms with Gasteiger partial charge in [-0.15, -0.1) is 0 Å². The van der Waals surface area contributed by atoms with Crippen molar-refractivity contribution in [2.75, 3.05) is 14.2 Å². The van der Waals surface area contributed by atoms with E-state index in [1.165, 1.54) is 70.5 Å². The predicted molar refractivity (Wildman–Crippen MR) is 151 cm³/mol. The Kier molecular flexibility index (Phi) is 14.8. The fraction of sp³-hybridized carbons (Fsp3) is 0.857. The van der Waals surface area contributed by atoms with Crippen LogP contribution in [0.25, 0.3) is 0 Å². The first-order chi connectivity index (χ1) is 16.5. The van der Waals surface area contributed by atoms with Crippen LogP contribution in [0.1, 0.15) is 78.6 Å². The molecule has 35 heavy (non-hydrogen) atoms. The molecule has 5 nitrogen and oxygen atoms in total. The zero-order valence-corrected chi connectivity index (χ0v) is 27.9. The molecule has 0 aliphatic heterocycles. The molecular formula is C28H54O5SiSn. The number of allylic oxidation sites excluding steroid dienone is 1. The first kappa shape index (κ1) is 32.7. The van der Waals surface area contributed by atoms with Gasteiger partial charge in [0.05, 0.1) is 0 Å². The molecule has 1 aliphatic rings. The number of carbonyl (C=O) groups excluding carboxylic acids is 2. The first-order valence-electron chi connectivity index (χ1n) is 14.0. The topological polar surface area (TPSA) is 61.8 Å². The van der Waals surface area contributed by atoms with Crippen LogP contribution in [-0.2, 0) is 23.5 Å². The molecule has 0 bridgehead atoms. The summed E-state index contributed by atoms with van der Waals surface area (Å²) in [7, 11) is 0.938. The van der Waals surface area contributed by atoms with Gasteiger partial charge in [-0.2, -0.15) is 0 Å². The van der Waals surface area contributed by atoms with Crippen molar-refractivity contribution in [2.45, 2.75) is 122 Å². The van der Waals surface area contributed by atoms with Gasteiger partial charge in [0.2, 0.25) is 0 Å². The van der Waals surface area contributed by atoms with Gasteiger partial charge < -0.3 is 0 Å². The molecule has 0 aromatic carbocycles. The number of hydrogen-bond donors (Lipinski definition) is 0. The number of ether oxygens (including phenoxy) is 2. The predicted octanol–water partition coefficient (Wildman–Crippen LogP) is 7.74. The van der Waals surface area contributed by atoms with Gasteiger partial charge in [-0.3, -0.25) is 0 Å². The van der Waals surface area contributed by atoms with E-state index >= 15 is 0 Å². The molecule has 0 spiro atoms. The number of carbonyl (C=O) groups is 2. The normalized spacial score (nSPS) is 20.7. The van der Waals surface area contributed by atoms with Crippen LogP contribution < -0.4 is 0 Å². The van der Waals surface area contributed by atoms with Crippen LogP contribution in [0.15, 0.2) is 12.2 Å². The maximum absolute atomic E-state index is 12.8. The minimum atomic E-state index is -2.30. The van der Waals surface area contributed by atoms with E-state index in [2.05, 4.69) is 52.6 Å². The number of methoxy groups -OCH3 is 2. The van der Waals surface area contributed by atoms with Gasteiger partial charge >= 0.3 is 222 Å². The number of unbranched alkanes of at least 4 members (excludes halogenated alkanes) is 3. The van der Waals surface area contributed by atoms with Crippen molar-refractivity contribution in [1.29, 1.82) is 0 Å². The summed E-state index contributed by atoms with van der Waals surface area (Å²) in [5.41, 5.74) is -1.23. The summed E-state index contributed by atoms with van der Waals surface area (Å²) in [5, 5.41) is 0. The standard InChI is InChI=1S/C16H27O5Si.3C4H9.Sn/c1-7-8-12-11-16(14(17)19-2,15(18)20-3)10-9-13(12)21-22(4,5)6;3*1-3-4-2;/h7-8,12-13H,1,9-11H2,2-6H3;3*1,3-4H2,2H3;/b8-7-;;;;/t12-,13-;;;;/m1..../s1. The molecule has 0 unspecified atom stereocenters. The van der Waals surface area contributed by atoms with Crippen molar-refractivity contribution in [3.8, 4) is 0 Å². The second-order valence-corrected chi connectivity index (χ2v) is 30.2. The van der Waals surface area contributed by atoms with E-state index in [1.807, 2.05) is 0 Å². The summed E-state index contributed by atoms with van der Waals surface area (Å²) in [5.74, 6) is -0.936. The third-order valence-electron chi connectivity index (χ3n) is 7.69. The molecule has 0 radical (unpaired) electrons. The summed E-state index contributed by atoms with van der Waals surface area (Å²) < 4.78 is 22.5. The maximum atomic E-state index is 12.8. The molecule has 1 rings (SSSR count). The Morgan fingerprint density at radius 2 is 1.40 bits per heavy atom. The second kappa shape index (κ2) is 15.8. The van der Waals surface area contributed by atoms with Crippen molar-refractivity contribution in [3.05, 3.63) is 12.2 Å². The van der Waals surface area contributed by atoms with Crippen LogP contribution in [0, 0.1) is 11.3 Å². The molecule has 204 valence electrons. The number of hydrogen-bond acceptors (Lipinski definition) is 5. The SMILES string of the molecule is CCC[CH2][Sn]([CH2]/C=C\[C@@H]1CC(C(=O)OC)(C(=O)OC)CC[C@H]1O[Si](C)(C)C)([CH2]CCC)[CH2]CCC. The van der Waals surface area contributed by atoms with E-state index in [-0.39, 0.29) is 12.0 Å². The summed E-state index contributed by atoms with van der Waals surface area (Å²) in [6.45, 7) is 13.6. The van der Waals surface area contributed by atoms with Gasteiger partial charge in [0.25, 0.3) is 0 Å². The fourth-order valence-corrected chi connectivity index (χ4v) is 22.1. The summed E-state index contributed by atoms with van der Waals surface area (Å²) in [6, 6.07) is 0. The molecule has 1 aliphatic carbocycles. The van der Waals surface area contributed by atoms with Gasteiger partial charge in [-0.1, -0.05) is 0 Å². The fourth-order valence-electron chi connectivity index (χ4n) is 5.71. The third-order valence-corrected chi connectivity index (χ3v) is 24.0. The van der Waals surface area contributed by atoms with Gasteiger partial charge in [0.15, 0.2) is 0 Å². The Morgan fingerprint density at radius 3 is 1.80 bits per heavy atom. The molecular weight excluding hydrogens is 563 g/mol. The Bertz CT molecular complexity index is 635. The molecule has 0 amide bonds. The van der Waals surface area contributed by atoms with E-state index in [1.54, 1.807) is 0 Å². The van der Waals surface area contributed by atoms with Crippen LogP contribution in [0.4, 0.5) is 0 Å². The van der Waals surface area contributed by atoms with E-state index < -0.39 is 44.0 Å². The van der Waals surface area contributed by atoms with Crippen molar-refractivity contribution in [3.63, 3.8) is 0 Å². The molecule has 1 saturated carbocycles. The van der Waals surface area contributed by atoms with Crippen molar-refractivity contribution in [2.24, 2.45) is 11.3 Å². The molecule has 2 atom stereocenters. The average molecular weight is 618 g/mol. The van der Waals surface area contributed by atoms with Gasteiger partial charge in [-0.05, 0) is 0 Å². The molecule has 0 aromatic heterocycles. The molecule has 7 heteroatoms. The first-order valence-corrected chi connectivity index (χ1v) is 25.5. The summed E-state index contributed by atoms with van der Waals surface area (Å²) in [4.78, 5) is 25.7. The van der Waals surface area contributed by atoms with Crippen LogP contribution in [0.2, 0.25) is 37.4 Å². The quantitative estimate of drug-likeness (QED) is 0.0768. The molecule has 0 heterocycles. The molecule has 0 N–H and O–H groups in total. The third kappa shape index (κ3) is 10.1. The Hall–Kier alpha value is -0.344. The molecule has 0 saturated heterocycles. The van der Waals surface area contributed by atoms with Gasteiger partial charge in [0.1, 0.15) is 0 Å². The van der Waals surface area contributed by atoms with E-state index in [0.717, 1.165) is 0 Å². The molecule has 1 fully saturated rings. The Morgan fingerprint density at radius 1 is 0.914 bits per heavy atom. The van der Waals surface area contributed by atoms with Crippen molar-refractivity contribution < 1.29 is 23.5 Å². The molecule has 0 aromatic rings. The van der Waals surface area contributed by atoms with E-state index in [4.69, 9.17) is 13.9 Å².